The summed E-state index contributed by atoms with van der Waals surface area (Å²) >= 11 is 0. The molecule has 1 atom stereocenters. The molecular formula is C14H22N2O2. The number of benzene rings is 1. The molecule has 1 amide bonds. The fourth-order valence-corrected chi connectivity index (χ4v) is 1.58. The minimum absolute atomic E-state index is 0.00519. The van der Waals surface area contributed by atoms with Gasteiger partial charge in [0.05, 0.1) is 0 Å². The van der Waals surface area contributed by atoms with Crippen molar-refractivity contribution in [1.82, 2.24) is 5.32 Å². The molecule has 0 bridgehead atoms. The summed E-state index contributed by atoms with van der Waals surface area (Å²) in [5, 5.41) is 2.77. The largest absolute Gasteiger partial charge is 0.484 e. The van der Waals surface area contributed by atoms with Gasteiger partial charge in [0.1, 0.15) is 5.75 Å². The molecule has 4 heteroatoms. The Morgan fingerprint density at radius 3 is 2.78 bits per heavy atom. The summed E-state index contributed by atoms with van der Waals surface area (Å²) < 4.78 is 5.48. The van der Waals surface area contributed by atoms with Crippen LogP contribution in [0.5, 0.6) is 5.75 Å². The van der Waals surface area contributed by atoms with Gasteiger partial charge in [-0.05, 0) is 37.5 Å². The smallest absolute Gasteiger partial charge is 0.257 e. The van der Waals surface area contributed by atoms with Crippen molar-refractivity contribution < 1.29 is 9.53 Å². The van der Waals surface area contributed by atoms with Crippen molar-refractivity contribution in [3.05, 3.63) is 29.3 Å². The first-order chi connectivity index (χ1) is 8.54. The van der Waals surface area contributed by atoms with Gasteiger partial charge in [0.15, 0.2) is 6.61 Å². The zero-order valence-electron chi connectivity index (χ0n) is 11.3. The zero-order chi connectivity index (χ0) is 13.5. The summed E-state index contributed by atoms with van der Waals surface area (Å²) in [6.07, 6.45) is 0.924. The molecule has 0 spiro atoms. The molecule has 18 heavy (non-hydrogen) atoms. The number of nitrogens with one attached hydrogen (secondary N) is 1. The van der Waals surface area contributed by atoms with E-state index in [4.69, 9.17) is 10.5 Å². The Balaban J connectivity index is 2.55. The van der Waals surface area contributed by atoms with Crippen molar-refractivity contribution in [1.29, 1.82) is 0 Å². The third-order valence-corrected chi connectivity index (χ3v) is 2.66. The van der Waals surface area contributed by atoms with Gasteiger partial charge in [-0.1, -0.05) is 19.1 Å². The van der Waals surface area contributed by atoms with Crippen LogP contribution < -0.4 is 15.8 Å². The standard InChI is InChI=1S/C14H22N2O2/c1-4-7-16-14(17)9-18-13-6-5-12(11(3)15)8-10(13)2/h5-6,8,11H,4,7,9,15H2,1-3H3,(H,16,17)/t11-/m1/s1. The van der Waals surface area contributed by atoms with Crippen LogP contribution in [-0.2, 0) is 4.79 Å². The summed E-state index contributed by atoms with van der Waals surface area (Å²) in [5.41, 5.74) is 7.86. The molecule has 0 fully saturated rings. The second-order valence-electron chi connectivity index (χ2n) is 4.45. The molecule has 0 aliphatic rings. The first-order valence-corrected chi connectivity index (χ1v) is 6.30. The van der Waals surface area contributed by atoms with Gasteiger partial charge in [0.25, 0.3) is 5.91 Å². The van der Waals surface area contributed by atoms with Gasteiger partial charge < -0.3 is 15.8 Å². The Morgan fingerprint density at radius 2 is 2.22 bits per heavy atom. The van der Waals surface area contributed by atoms with Crippen LogP contribution in [0.2, 0.25) is 0 Å². The maximum atomic E-state index is 11.4. The third-order valence-electron chi connectivity index (χ3n) is 2.66. The molecule has 1 aromatic carbocycles. The molecule has 0 aliphatic heterocycles. The van der Waals surface area contributed by atoms with Crippen LogP contribution >= 0.6 is 0 Å². The van der Waals surface area contributed by atoms with Crippen LogP contribution in [0.3, 0.4) is 0 Å². The number of hydrogen-bond donors (Lipinski definition) is 2. The fourth-order valence-electron chi connectivity index (χ4n) is 1.58. The van der Waals surface area contributed by atoms with Gasteiger partial charge >= 0.3 is 0 Å². The first-order valence-electron chi connectivity index (χ1n) is 6.30. The molecule has 0 unspecified atom stereocenters. The Labute approximate surface area is 109 Å². The van der Waals surface area contributed by atoms with E-state index in [-0.39, 0.29) is 18.6 Å². The number of amides is 1. The van der Waals surface area contributed by atoms with Crippen LogP contribution in [0.1, 0.15) is 37.4 Å². The molecule has 0 aromatic heterocycles. The Hall–Kier alpha value is -1.55. The lowest BCUT2D eigenvalue weighted by atomic mass is 10.1. The summed E-state index contributed by atoms with van der Waals surface area (Å²) in [5.74, 6) is 0.638. The number of ether oxygens (including phenoxy) is 1. The number of carbonyl (C=O) groups excluding carboxylic acids is 1. The highest BCUT2D eigenvalue weighted by Gasteiger charge is 2.06. The van der Waals surface area contributed by atoms with Crippen molar-refractivity contribution >= 4 is 5.91 Å². The molecule has 0 aliphatic carbocycles. The minimum atomic E-state index is -0.0903. The van der Waals surface area contributed by atoms with Gasteiger partial charge in [-0.15, -0.1) is 0 Å². The van der Waals surface area contributed by atoms with E-state index in [1.165, 1.54) is 0 Å². The van der Waals surface area contributed by atoms with Gasteiger partial charge in [0.2, 0.25) is 0 Å². The number of hydrogen-bond acceptors (Lipinski definition) is 3. The molecular weight excluding hydrogens is 228 g/mol. The van der Waals surface area contributed by atoms with Gasteiger partial charge in [-0.25, -0.2) is 0 Å². The summed E-state index contributed by atoms with van der Waals surface area (Å²) in [4.78, 5) is 11.4. The third kappa shape index (κ3) is 4.37. The zero-order valence-corrected chi connectivity index (χ0v) is 11.3. The molecule has 0 heterocycles. The number of nitrogens with two attached hydrogens (primary N) is 1. The fraction of sp³-hybridized carbons (Fsp3) is 0.500. The summed E-state index contributed by atoms with van der Waals surface area (Å²) in [6.45, 7) is 6.64. The van der Waals surface area contributed by atoms with Crippen molar-refractivity contribution in [3.8, 4) is 5.75 Å². The average molecular weight is 250 g/mol. The van der Waals surface area contributed by atoms with Gasteiger partial charge in [0, 0.05) is 12.6 Å². The topological polar surface area (TPSA) is 64.3 Å². The van der Waals surface area contributed by atoms with E-state index in [1.54, 1.807) is 0 Å². The predicted octanol–water partition coefficient (Wildman–Crippen LogP) is 1.92. The van der Waals surface area contributed by atoms with E-state index in [1.807, 2.05) is 39.0 Å². The molecule has 0 radical (unpaired) electrons. The Kier molecular flexibility index (Phi) is 5.65. The SMILES string of the molecule is CCCNC(=O)COc1ccc([C@@H](C)N)cc1C. The van der Waals surface area contributed by atoms with Gasteiger partial charge in [-0.2, -0.15) is 0 Å². The lowest BCUT2D eigenvalue weighted by Crippen LogP contribution is -2.29. The van der Waals surface area contributed by atoms with Crippen LogP contribution in [0.15, 0.2) is 18.2 Å². The molecule has 100 valence electrons. The Bertz CT molecular complexity index is 403. The molecule has 1 rings (SSSR count). The van der Waals surface area contributed by atoms with Crippen LogP contribution in [-0.4, -0.2) is 19.1 Å². The van der Waals surface area contributed by atoms with E-state index in [0.717, 1.165) is 23.3 Å². The van der Waals surface area contributed by atoms with Crippen molar-refractivity contribution in [3.63, 3.8) is 0 Å². The van der Waals surface area contributed by atoms with E-state index in [2.05, 4.69) is 5.32 Å². The Morgan fingerprint density at radius 1 is 1.50 bits per heavy atom. The summed E-state index contributed by atoms with van der Waals surface area (Å²) in [7, 11) is 0. The average Bonchev–Trinajstić information content (AvgIpc) is 2.34. The van der Waals surface area contributed by atoms with E-state index >= 15 is 0 Å². The highest BCUT2D eigenvalue weighted by molar-refractivity contribution is 5.77. The second-order valence-corrected chi connectivity index (χ2v) is 4.45. The second kappa shape index (κ2) is 7.01. The molecule has 1 aromatic rings. The van der Waals surface area contributed by atoms with Crippen molar-refractivity contribution in [2.45, 2.75) is 33.2 Å². The van der Waals surface area contributed by atoms with E-state index < -0.39 is 0 Å². The molecule has 4 nitrogen and oxygen atoms in total. The maximum Gasteiger partial charge on any atom is 0.257 e. The van der Waals surface area contributed by atoms with Gasteiger partial charge in [-0.3, -0.25) is 4.79 Å². The lowest BCUT2D eigenvalue weighted by molar-refractivity contribution is -0.123. The van der Waals surface area contributed by atoms with Crippen molar-refractivity contribution in [2.75, 3.05) is 13.2 Å². The quantitative estimate of drug-likeness (QED) is 0.810. The monoisotopic (exact) mass is 250 g/mol. The highest BCUT2D eigenvalue weighted by Crippen LogP contribution is 2.21. The van der Waals surface area contributed by atoms with Crippen LogP contribution in [0, 0.1) is 6.92 Å². The minimum Gasteiger partial charge on any atom is -0.484 e. The molecule has 3 N–H and O–H groups in total. The van der Waals surface area contributed by atoms with Crippen molar-refractivity contribution in [2.24, 2.45) is 5.73 Å². The van der Waals surface area contributed by atoms with E-state index in [9.17, 15) is 4.79 Å². The maximum absolute atomic E-state index is 11.4. The van der Waals surface area contributed by atoms with Crippen LogP contribution in [0.4, 0.5) is 0 Å². The molecule has 0 saturated carbocycles. The normalized spacial score (nSPS) is 12.0. The first kappa shape index (κ1) is 14.5. The highest BCUT2D eigenvalue weighted by atomic mass is 16.5. The predicted molar refractivity (Wildman–Crippen MR) is 72.6 cm³/mol. The summed E-state index contributed by atoms with van der Waals surface area (Å²) in [6, 6.07) is 5.78. The number of carbonyl (C=O) groups is 1. The molecule has 0 saturated heterocycles. The van der Waals surface area contributed by atoms with E-state index in [0.29, 0.717) is 6.54 Å². The number of aryl methyl sites for hydroxylation is 1. The van der Waals surface area contributed by atoms with Crippen LogP contribution in [0.25, 0.3) is 0 Å². The lowest BCUT2D eigenvalue weighted by Gasteiger charge is -2.12. The number of rotatable bonds is 6.